The Morgan fingerprint density at radius 2 is 2.21 bits per heavy atom. The number of aromatic nitrogens is 2. The molecular weight excluding hydrogens is 268 g/mol. The van der Waals surface area contributed by atoms with Gasteiger partial charge in [-0.05, 0) is 20.4 Å². The molecule has 1 aromatic rings. The summed E-state index contributed by atoms with van der Waals surface area (Å²) in [5, 5.41) is 9.48. The molecule has 110 valence electrons. The summed E-state index contributed by atoms with van der Waals surface area (Å²) in [6.45, 7) is 7.56. The SMILES string of the molecule is CCNCc1cn[nH]c1S(=O)(=O)NCCOC(C)C. The molecule has 0 aliphatic heterocycles. The molecule has 0 unspecified atom stereocenters. The van der Waals surface area contributed by atoms with Gasteiger partial charge in [0.15, 0.2) is 5.03 Å². The molecule has 0 saturated heterocycles. The van der Waals surface area contributed by atoms with E-state index in [2.05, 4.69) is 20.2 Å². The maximum atomic E-state index is 12.1. The Morgan fingerprint density at radius 3 is 2.84 bits per heavy atom. The van der Waals surface area contributed by atoms with E-state index in [1.165, 1.54) is 6.20 Å². The molecule has 0 aliphatic rings. The highest BCUT2D eigenvalue weighted by Gasteiger charge is 2.19. The summed E-state index contributed by atoms with van der Waals surface area (Å²) < 4.78 is 31.9. The molecule has 3 N–H and O–H groups in total. The Morgan fingerprint density at radius 1 is 1.47 bits per heavy atom. The summed E-state index contributed by atoms with van der Waals surface area (Å²) in [6, 6.07) is 0. The van der Waals surface area contributed by atoms with Gasteiger partial charge in [-0.15, -0.1) is 0 Å². The number of hydrogen-bond acceptors (Lipinski definition) is 5. The highest BCUT2D eigenvalue weighted by molar-refractivity contribution is 7.89. The van der Waals surface area contributed by atoms with Gasteiger partial charge in [0, 0.05) is 18.7 Å². The summed E-state index contributed by atoms with van der Waals surface area (Å²) in [7, 11) is -3.56. The first kappa shape index (κ1) is 16.1. The first-order valence-corrected chi connectivity index (χ1v) is 7.80. The molecule has 0 spiro atoms. The van der Waals surface area contributed by atoms with Gasteiger partial charge < -0.3 is 10.1 Å². The van der Waals surface area contributed by atoms with Gasteiger partial charge in [0.05, 0.1) is 18.9 Å². The minimum Gasteiger partial charge on any atom is -0.377 e. The third-order valence-electron chi connectivity index (χ3n) is 2.36. The molecule has 8 heteroatoms. The normalized spacial score (nSPS) is 12.2. The van der Waals surface area contributed by atoms with Crippen molar-refractivity contribution >= 4 is 10.0 Å². The van der Waals surface area contributed by atoms with Gasteiger partial charge >= 0.3 is 0 Å². The van der Waals surface area contributed by atoms with E-state index in [-0.39, 0.29) is 17.7 Å². The number of ether oxygens (including phenoxy) is 1. The van der Waals surface area contributed by atoms with Crippen molar-refractivity contribution in [3.05, 3.63) is 11.8 Å². The summed E-state index contributed by atoms with van der Waals surface area (Å²) in [4.78, 5) is 0. The largest absolute Gasteiger partial charge is 0.377 e. The Kier molecular flexibility index (Phi) is 6.43. The topological polar surface area (TPSA) is 96.1 Å². The monoisotopic (exact) mass is 290 g/mol. The van der Waals surface area contributed by atoms with Crippen LogP contribution in [-0.4, -0.2) is 44.4 Å². The van der Waals surface area contributed by atoms with E-state index in [9.17, 15) is 8.42 Å². The second-order valence-electron chi connectivity index (χ2n) is 4.32. The molecule has 0 radical (unpaired) electrons. The van der Waals surface area contributed by atoms with E-state index < -0.39 is 10.0 Å². The summed E-state index contributed by atoms with van der Waals surface area (Å²) >= 11 is 0. The van der Waals surface area contributed by atoms with Crippen LogP contribution in [-0.2, 0) is 21.3 Å². The Bertz CT molecular complexity index is 470. The van der Waals surface area contributed by atoms with Gasteiger partial charge in [0.2, 0.25) is 0 Å². The average Bonchev–Trinajstić information content (AvgIpc) is 2.81. The molecule has 0 bridgehead atoms. The molecule has 1 heterocycles. The van der Waals surface area contributed by atoms with Crippen LogP contribution < -0.4 is 10.0 Å². The number of hydrogen-bond donors (Lipinski definition) is 3. The van der Waals surface area contributed by atoms with Gasteiger partial charge in [-0.25, -0.2) is 13.1 Å². The molecule has 1 rings (SSSR count). The Labute approximate surface area is 114 Å². The molecule has 0 amide bonds. The Balaban J connectivity index is 2.59. The van der Waals surface area contributed by atoms with Crippen molar-refractivity contribution in [2.24, 2.45) is 0 Å². The summed E-state index contributed by atoms with van der Waals surface area (Å²) in [6.07, 6.45) is 1.60. The maximum absolute atomic E-state index is 12.1. The van der Waals surface area contributed by atoms with Gasteiger partial charge in [0.1, 0.15) is 0 Å². The lowest BCUT2D eigenvalue weighted by Gasteiger charge is -2.09. The van der Waals surface area contributed by atoms with Crippen molar-refractivity contribution < 1.29 is 13.2 Å². The first-order valence-electron chi connectivity index (χ1n) is 6.31. The van der Waals surface area contributed by atoms with Crippen LogP contribution in [0.2, 0.25) is 0 Å². The molecule has 0 saturated carbocycles. The number of nitrogens with one attached hydrogen (secondary N) is 3. The van der Waals surface area contributed by atoms with Gasteiger partial charge in [-0.2, -0.15) is 5.10 Å². The van der Waals surface area contributed by atoms with Crippen molar-refractivity contribution in [2.45, 2.75) is 38.4 Å². The molecule has 19 heavy (non-hydrogen) atoms. The van der Waals surface area contributed by atoms with E-state index in [1.807, 2.05) is 20.8 Å². The average molecular weight is 290 g/mol. The fourth-order valence-corrected chi connectivity index (χ4v) is 2.60. The lowest BCUT2D eigenvalue weighted by atomic mass is 10.3. The van der Waals surface area contributed by atoms with Gasteiger partial charge in [0.25, 0.3) is 10.0 Å². The van der Waals surface area contributed by atoms with Gasteiger partial charge in [-0.1, -0.05) is 6.92 Å². The second kappa shape index (κ2) is 7.59. The van der Waals surface area contributed by atoms with Gasteiger partial charge in [-0.3, -0.25) is 5.10 Å². The molecular formula is C11H22N4O3S. The van der Waals surface area contributed by atoms with E-state index in [0.29, 0.717) is 18.7 Å². The van der Waals surface area contributed by atoms with Crippen LogP contribution >= 0.6 is 0 Å². The number of sulfonamides is 1. The zero-order valence-corrected chi connectivity index (χ0v) is 12.4. The highest BCUT2D eigenvalue weighted by Crippen LogP contribution is 2.11. The van der Waals surface area contributed by atoms with Crippen LogP contribution in [0.4, 0.5) is 0 Å². The third-order valence-corrected chi connectivity index (χ3v) is 3.83. The van der Waals surface area contributed by atoms with E-state index in [4.69, 9.17) is 4.74 Å². The van der Waals surface area contributed by atoms with Crippen LogP contribution in [0.3, 0.4) is 0 Å². The fourth-order valence-electron chi connectivity index (χ4n) is 1.46. The van der Waals surface area contributed by atoms with Crippen LogP contribution in [0.15, 0.2) is 11.2 Å². The predicted molar refractivity (Wildman–Crippen MR) is 72.2 cm³/mol. The Hall–Kier alpha value is -0.960. The van der Waals surface area contributed by atoms with Crippen molar-refractivity contribution in [1.82, 2.24) is 20.2 Å². The van der Waals surface area contributed by atoms with E-state index >= 15 is 0 Å². The predicted octanol–water partition coefficient (Wildman–Crippen LogP) is 0.223. The summed E-state index contributed by atoms with van der Waals surface area (Å²) in [5.41, 5.74) is 0.624. The van der Waals surface area contributed by atoms with Crippen molar-refractivity contribution in [1.29, 1.82) is 0 Å². The molecule has 0 aliphatic carbocycles. The molecule has 1 aromatic heterocycles. The van der Waals surface area contributed by atoms with Crippen LogP contribution in [0, 0.1) is 0 Å². The molecule has 0 fully saturated rings. The number of nitrogens with zero attached hydrogens (tertiary/aromatic N) is 1. The smallest absolute Gasteiger partial charge is 0.257 e. The van der Waals surface area contributed by atoms with Crippen LogP contribution in [0.5, 0.6) is 0 Å². The van der Waals surface area contributed by atoms with Crippen molar-refractivity contribution in [3.8, 4) is 0 Å². The number of rotatable bonds is 9. The molecule has 7 nitrogen and oxygen atoms in total. The zero-order chi connectivity index (χ0) is 14.3. The fraction of sp³-hybridized carbons (Fsp3) is 0.727. The van der Waals surface area contributed by atoms with Crippen molar-refractivity contribution in [3.63, 3.8) is 0 Å². The second-order valence-corrected chi connectivity index (χ2v) is 6.03. The number of aromatic amines is 1. The van der Waals surface area contributed by atoms with Crippen LogP contribution in [0.25, 0.3) is 0 Å². The standard InChI is InChI=1S/C11H22N4O3S/c1-4-12-7-10-8-13-15-11(10)19(16,17)14-5-6-18-9(2)3/h8-9,12,14H,4-7H2,1-3H3,(H,13,15). The highest BCUT2D eigenvalue weighted by atomic mass is 32.2. The third kappa shape index (κ3) is 5.27. The maximum Gasteiger partial charge on any atom is 0.257 e. The van der Waals surface area contributed by atoms with Crippen molar-refractivity contribution in [2.75, 3.05) is 19.7 Å². The lowest BCUT2D eigenvalue weighted by Crippen LogP contribution is -2.29. The minimum atomic E-state index is -3.56. The first-order chi connectivity index (χ1) is 8.97. The van der Waals surface area contributed by atoms with E-state index in [0.717, 1.165) is 6.54 Å². The summed E-state index contributed by atoms with van der Waals surface area (Å²) in [5.74, 6) is 0. The molecule has 0 aromatic carbocycles. The quantitative estimate of drug-likeness (QED) is 0.566. The minimum absolute atomic E-state index is 0.0842. The number of H-pyrrole nitrogens is 1. The lowest BCUT2D eigenvalue weighted by molar-refractivity contribution is 0.0833. The zero-order valence-electron chi connectivity index (χ0n) is 11.6. The molecule has 0 atom stereocenters. The van der Waals surface area contributed by atoms with E-state index in [1.54, 1.807) is 0 Å². The van der Waals surface area contributed by atoms with Crippen LogP contribution in [0.1, 0.15) is 26.3 Å².